The van der Waals surface area contributed by atoms with Crippen LogP contribution in [0, 0.1) is 0 Å². The largest absolute Gasteiger partial charge is 0.495 e. The molecule has 0 unspecified atom stereocenters. The molecule has 1 N–H and O–H groups in total. The molecule has 0 saturated carbocycles. The zero-order valence-corrected chi connectivity index (χ0v) is 14.9. The summed E-state index contributed by atoms with van der Waals surface area (Å²) in [5.41, 5.74) is 0.515. The van der Waals surface area contributed by atoms with Crippen LogP contribution in [-0.2, 0) is 9.53 Å². The molecule has 0 saturated heterocycles. The maximum Gasteiger partial charge on any atom is 0.340 e. The molecule has 132 valence electrons. The first kappa shape index (κ1) is 18.8. The third-order valence-corrected chi connectivity index (χ3v) is 3.56. The van der Waals surface area contributed by atoms with E-state index in [0.29, 0.717) is 22.2 Å². The number of nitrogens with zero attached hydrogens (tertiary/aromatic N) is 1. The number of hydrogen-bond donors (Lipinski definition) is 1. The van der Waals surface area contributed by atoms with Crippen LogP contribution in [0.2, 0.25) is 10.2 Å². The number of methoxy groups -OCH3 is 2. The van der Waals surface area contributed by atoms with Gasteiger partial charge in [-0.25, -0.2) is 9.78 Å². The number of hydrogen-bond acceptors (Lipinski definition) is 6. The lowest BCUT2D eigenvalue weighted by molar-refractivity contribution is -0.119. The van der Waals surface area contributed by atoms with Gasteiger partial charge in [-0.1, -0.05) is 23.2 Å². The Balaban J connectivity index is 2.00. The van der Waals surface area contributed by atoms with E-state index in [1.165, 1.54) is 44.7 Å². The van der Waals surface area contributed by atoms with Crippen molar-refractivity contribution in [3.8, 4) is 11.5 Å². The number of carbonyl (C=O) groups is 2. The van der Waals surface area contributed by atoms with Crippen LogP contribution in [-0.4, -0.2) is 37.7 Å². The second-order valence-electron chi connectivity index (χ2n) is 4.68. The van der Waals surface area contributed by atoms with Gasteiger partial charge in [-0.2, -0.15) is 0 Å². The molecule has 0 radical (unpaired) electrons. The number of anilines is 1. The second-order valence-corrected chi connectivity index (χ2v) is 5.48. The van der Waals surface area contributed by atoms with Gasteiger partial charge >= 0.3 is 5.97 Å². The van der Waals surface area contributed by atoms with E-state index in [-0.39, 0.29) is 10.7 Å². The van der Waals surface area contributed by atoms with Crippen molar-refractivity contribution < 1.29 is 23.8 Å². The molecule has 0 bridgehead atoms. The van der Waals surface area contributed by atoms with Gasteiger partial charge in [0, 0.05) is 18.3 Å². The highest BCUT2D eigenvalue weighted by molar-refractivity contribution is 6.32. The van der Waals surface area contributed by atoms with Crippen LogP contribution >= 0.6 is 23.2 Å². The van der Waals surface area contributed by atoms with Crippen molar-refractivity contribution in [2.45, 2.75) is 0 Å². The molecule has 1 heterocycles. The molecule has 1 amide bonds. The van der Waals surface area contributed by atoms with Crippen molar-refractivity contribution >= 4 is 40.8 Å². The first-order valence-corrected chi connectivity index (χ1v) is 7.70. The van der Waals surface area contributed by atoms with Crippen molar-refractivity contribution in [2.24, 2.45) is 0 Å². The molecule has 1 aromatic carbocycles. The molecule has 1 aromatic heterocycles. The standard InChI is InChI=1S/C16H14Cl2N2O5/c1-23-12-6-11(13(24-2)5-10(12)17)20-15(21)8-25-16(22)9-3-4-14(18)19-7-9/h3-7H,8H2,1-2H3,(H,20,21). The summed E-state index contributed by atoms with van der Waals surface area (Å²) in [5, 5.41) is 3.14. The fraction of sp³-hybridized carbons (Fsp3) is 0.188. The third-order valence-electron chi connectivity index (χ3n) is 3.05. The quantitative estimate of drug-likeness (QED) is 0.607. The summed E-state index contributed by atoms with van der Waals surface area (Å²) in [4.78, 5) is 27.6. The summed E-state index contributed by atoms with van der Waals surface area (Å²) in [6.45, 7) is -0.491. The normalized spacial score (nSPS) is 10.1. The van der Waals surface area contributed by atoms with Crippen molar-refractivity contribution in [3.05, 3.63) is 46.2 Å². The molecule has 0 atom stereocenters. The van der Waals surface area contributed by atoms with Crippen LogP contribution in [0.15, 0.2) is 30.5 Å². The van der Waals surface area contributed by atoms with Crippen molar-refractivity contribution in [1.29, 1.82) is 0 Å². The molecule has 0 spiro atoms. The van der Waals surface area contributed by atoms with Gasteiger partial charge in [0.15, 0.2) is 6.61 Å². The Morgan fingerprint density at radius 1 is 1.12 bits per heavy atom. The van der Waals surface area contributed by atoms with Crippen molar-refractivity contribution in [3.63, 3.8) is 0 Å². The molecular weight excluding hydrogens is 371 g/mol. The number of benzene rings is 1. The van der Waals surface area contributed by atoms with E-state index in [2.05, 4.69) is 10.3 Å². The van der Waals surface area contributed by atoms with Crippen LogP contribution in [0.1, 0.15) is 10.4 Å². The third kappa shape index (κ3) is 4.98. The number of carbonyl (C=O) groups excluding carboxylic acids is 2. The fourth-order valence-corrected chi connectivity index (χ4v) is 2.20. The number of esters is 1. The summed E-state index contributed by atoms with van der Waals surface area (Å²) in [7, 11) is 2.88. The van der Waals surface area contributed by atoms with E-state index in [0.717, 1.165) is 0 Å². The predicted octanol–water partition coefficient (Wildman–Crippen LogP) is 3.20. The first-order valence-electron chi connectivity index (χ1n) is 6.94. The number of pyridine rings is 1. The Morgan fingerprint density at radius 3 is 2.44 bits per heavy atom. The highest BCUT2D eigenvalue weighted by Gasteiger charge is 2.15. The minimum absolute atomic E-state index is 0.183. The topological polar surface area (TPSA) is 86.8 Å². The molecule has 25 heavy (non-hydrogen) atoms. The summed E-state index contributed by atoms with van der Waals surface area (Å²) in [6.07, 6.45) is 1.26. The van der Waals surface area contributed by atoms with Crippen molar-refractivity contribution in [1.82, 2.24) is 4.98 Å². The molecule has 0 aliphatic carbocycles. The van der Waals surface area contributed by atoms with Crippen LogP contribution in [0.5, 0.6) is 11.5 Å². The maximum atomic E-state index is 12.0. The number of halogens is 2. The number of aromatic nitrogens is 1. The molecule has 9 heteroatoms. The van der Waals surface area contributed by atoms with Crippen LogP contribution < -0.4 is 14.8 Å². The predicted molar refractivity (Wildman–Crippen MR) is 92.7 cm³/mol. The Kier molecular flexibility index (Phi) is 6.44. The minimum Gasteiger partial charge on any atom is -0.495 e. The molecule has 0 aliphatic rings. The van der Waals surface area contributed by atoms with E-state index < -0.39 is 18.5 Å². The smallest absolute Gasteiger partial charge is 0.340 e. The summed E-state index contributed by atoms with van der Waals surface area (Å²) in [5.74, 6) is -0.549. The van der Waals surface area contributed by atoms with Gasteiger partial charge < -0.3 is 19.5 Å². The van der Waals surface area contributed by atoms with E-state index in [9.17, 15) is 9.59 Å². The zero-order chi connectivity index (χ0) is 18.4. The molecule has 7 nitrogen and oxygen atoms in total. The summed E-state index contributed by atoms with van der Waals surface area (Å²) < 4.78 is 15.2. The van der Waals surface area contributed by atoms with Crippen LogP contribution in [0.3, 0.4) is 0 Å². The molecule has 0 fully saturated rings. The van der Waals surface area contributed by atoms with Crippen LogP contribution in [0.4, 0.5) is 5.69 Å². The monoisotopic (exact) mass is 384 g/mol. The number of rotatable bonds is 6. The molecular formula is C16H14Cl2N2O5. The Hall–Kier alpha value is -2.51. The minimum atomic E-state index is -0.694. The van der Waals surface area contributed by atoms with Crippen LogP contribution in [0.25, 0.3) is 0 Å². The van der Waals surface area contributed by atoms with Gasteiger partial charge in [0.1, 0.15) is 16.7 Å². The van der Waals surface area contributed by atoms with E-state index in [4.69, 9.17) is 37.4 Å². The number of ether oxygens (including phenoxy) is 3. The van der Waals surface area contributed by atoms with Gasteiger partial charge in [-0.05, 0) is 12.1 Å². The van der Waals surface area contributed by atoms with E-state index in [1.54, 1.807) is 0 Å². The molecule has 2 aromatic rings. The summed E-state index contributed by atoms with van der Waals surface area (Å²) in [6, 6.07) is 5.90. The first-order chi connectivity index (χ1) is 11.9. The zero-order valence-electron chi connectivity index (χ0n) is 13.3. The van der Waals surface area contributed by atoms with E-state index >= 15 is 0 Å². The Morgan fingerprint density at radius 2 is 1.84 bits per heavy atom. The lowest BCUT2D eigenvalue weighted by Gasteiger charge is -2.13. The number of nitrogens with one attached hydrogen (secondary N) is 1. The lowest BCUT2D eigenvalue weighted by atomic mass is 10.2. The van der Waals surface area contributed by atoms with Gasteiger partial charge in [-0.15, -0.1) is 0 Å². The highest BCUT2D eigenvalue weighted by atomic mass is 35.5. The van der Waals surface area contributed by atoms with Crippen molar-refractivity contribution in [2.75, 3.05) is 26.1 Å². The van der Waals surface area contributed by atoms with Gasteiger partial charge in [0.25, 0.3) is 5.91 Å². The SMILES string of the molecule is COc1cc(NC(=O)COC(=O)c2ccc(Cl)nc2)c(OC)cc1Cl. The average molecular weight is 385 g/mol. The summed E-state index contributed by atoms with van der Waals surface area (Å²) >= 11 is 11.6. The van der Waals surface area contributed by atoms with Gasteiger partial charge in [0.2, 0.25) is 0 Å². The maximum absolute atomic E-state index is 12.0. The Bertz CT molecular complexity index is 781. The number of amides is 1. The van der Waals surface area contributed by atoms with E-state index in [1.807, 2.05) is 0 Å². The molecule has 0 aliphatic heterocycles. The highest BCUT2D eigenvalue weighted by Crippen LogP contribution is 2.35. The average Bonchev–Trinajstić information content (AvgIpc) is 2.61. The molecule has 2 rings (SSSR count). The van der Waals surface area contributed by atoms with Gasteiger partial charge in [0.05, 0.1) is 30.5 Å². The lowest BCUT2D eigenvalue weighted by Crippen LogP contribution is -2.21. The second kappa shape index (κ2) is 8.55. The Labute approximate surface area is 153 Å². The fourth-order valence-electron chi connectivity index (χ4n) is 1.86. The van der Waals surface area contributed by atoms with Gasteiger partial charge in [-0.3, -0.25) is 4.79 Å².